The van der Waals surface area contributed by atoms with Crippen LogP contribution in [0.5, 0.6) is 0 Å². The van der Waals surface area contributed by atoms with Crippen LogP contribution < -0.4 is 22.3 Å². The van der Waals surface area contributed by atoms with E-state index in [9.17, 15) is 0 Å². The van der Waals surface area contributed by atoms with Crippen LogP contribution >= 0.6 is 70.8 Å². The number of methoxy groups -OCH3 is 2. The van der Waals surface area contributed by atoms with Gasteiger partial charge in [0.25, 0.3) is 0 Å². The zero-order chi connectivity index (χ0) is 21.4. The zero-order valence-electron chi connectivity index (χ0n) is 15.0. The molecule has 0 aromatic carbocycles. The van der Waals surface area contributed by atoms with Gasteiger partial charge >= 0.3 is 0 Å². The van der Waals surface area contributed by atoms with Crippen molar-refractivity contribution in [2.24, 2.45) is 45.3 Å². The third-order valence-electron chi connectivity index (χ3n) is 7.37. The lowest BCUT2D eigenvalue weighted by Crippen LogP contribution is -2.73. The first kappa shape index (κ1) is 20.7. The molecular weight excluding hydrogens is 502 g/mol. The van der Waals surface area contributed by atoms with E-state index in [1.165, 1.54) is 14.2 Å². The second-order valence-corrected chi connectivity index (χ2v) is 11.1. The molecule has 0 aliphatic heterocycles. The van der Waals surface area contributed by atoms with Crippen molar-refractivity contribution in [3.8, 4) is 0 Å². The smallest absolute Gasteiger partial charge is 0.211 e. The summed E-state index contributed by atoms with van der Waals surface area (Å²) in [5.74, 6) is -3.27. The van der Waals surface area contributed by atoms with Crippen molar-refractivity contribution in [3.05, 3.63) is 0 Å². The van der Waals surface area contributed by atoms with E-state index in [-0.39, 0.29) is 22.1 Å². The lowest BCUT2D eigenvalue weighted by atomic mass is 9.57. The summed E-state index contributed by atoms with van der Waals surface area (Å²) in [5.41, 5.74) is 17.8. The minimum Gasteiger partial charge on any atom is -0.375 e. The molecule has 158 valence electrons. The molecule has 29 heavy (non-hydrogen) atoms. The third-order valence-corrected chi connectivity index (χ3v) is 11.1. The third kappa shape index (κ3) is 1.56. The molecule has 0 aromatic rings. The van der Waals surface area contributed by atoms with Crippen LogP contribution in [0.15, 0.2) is 10.2 Å². The number of fused-ring (bicyclic) bond motifs is 2. The van der Waals surface area contributed by atoms with Crippen molar-refractivity contribution >= 4 is 92.5 Å². The number of nitrogens with zero attached hydrogens (tertiary/aromatic N) is 2. The van der Waals surface area contributed by atoms with E-state index in [0.717, 1.165) is 0 Å². The highest BCUT2D eigenvalue weighted by molar-refractivity contribution is 7.80. The zero-order valence-corrected chi connectivity index (χ0v) is 19.7. The standard InChI is InChI=1S/C15H16Cl4N6O2S2/c1-26-15(27-2)13(18)5-6-8(23-25-10(21)29)4-3(7(5)22-24-9(20)28)11(13,16)12(4,17)14(6,15)19/h3-6H,1-2H3,(H3,20,24,28)(H3,21,25,29)/t3-,4+,5-,6+,11-,12-,13-,14-/m1/s1. The molecule has 5 saturated carbocycles. The van der Waals surface area contributed by atoms with Crippen LogP contribution in [0.3, 0.4) is 0 Å². The molecular formula is C15H16Cl4N6O2S2. The van der Waals surface area contributed by atoms with Gasteiger partial charge in [0, 0.05) is 49.3 Å². The average molecular weight is 518 g/mol. The lowest BCUT2D eigenvalue weighted by Gasteiger charge is -2.58. The first-order chi connectivity index (χ1) is 13.5. The van der Waals surface area contributed by atoms with Gasteiger partial charge in [0.1, 0.15) is 19.5 Å². The molecule has 0 amide bonds. The van der Waals surface area contributed by atoms with Crippen molar-refractivity contribution in [2.45, 2.75) is 25.3 Å². The highest BCUT2D eigenvalue weighted by Gasteiger charge is 3.11. The van der Waals surface area contributed by atoms with Crippen LogP contribution in [-0.2, 0) is 9.47 Å². The Hall–Kier alpha value is -0.200. The Morgan fingerprint density at radius 1 is 0.793 bits per heavy atom. The average Bonchev–Trinajstić information content (AvgIpc) is 2.96. The Labute approximate surface area is 196 Å². The van der Waals surface area contributed by atoms with Crippen molar-refractivity contribution in [3.63, 3.8) is 0 Å². The summed E-state index contributed by atoms with van der Waals surface area (Å²) in [5, 5.41) is 8.90. The van der Waals surface area contributed by atoms with Crippen LogP contribution in [0.2, 0.25) is 0 Å². The number of thiocarbonyl (C=S) groups is 2. The molecule has 8 nitrogen and oxygen atoms in total. The van der Waals surface area contributed by atoms with Gasteiger partial charge in [-0.1, -0.05) is 0 Å². The molecule has 5 rings (SSSR count). The predicted molar refractivity (Wildman–Crippen MR) is 120 cm³/mol. The van der Waals surface area contributed by atoms with Gasteiger partial charge in [-0.3, -0.25) is 10.9 Å². The maximum atomic E-state index is 7.34. The number of nitrogens with one attached hydrogen (secondary N) is 2. The SMILES string of the molecule is COC1(OC)[C@@]2(Cl)[C@@H]3C(=NNC(N)=S)[C@@H]4[C@@H]5C(=NNC(N)=S)[C@@H]3[C@@]1(Cl)[C@]5(Cl)[C@]42Cl. The molecule has 0 spiro atoms. The maximum Gasteiger partial charge on any atom is 0.211 e. The van der Waals surface area contributed by atoms with Gasteiger partial charge in [0.15, 0.2) is 10.2 Å². The van der Waals surface area contributed by atoms with E-state index in [0.29, 0.717) is 11.4 Å². The number of halogens is 4. The number of nitrogens with two attached hydrogens (primary N) is 2. The van der Waals surface area contributed by atoms with E-state index in [1.54, 1.807) is 0 Å². The molecule has 5 aliphatic carbocycles. The van der Waals surface area contributed by atoms with E-state index < -0.39 is 37.1 Å². The van der Waals surface area contributed by atoms with Crippen LogP contribution in [0.1, 0.15) is 0 Å². The van der Waals surface area contributed by atoms with E-state index in [4.69, 9.17) is 91.8 Å². The van der Waals surface area contributed by atoms with Crippen LogP contribution in [0.4, 0.5) is 0 Å². The highest BCUT2D eigenvalue weighted by Crippen LogP contribution is 2.95. The van der Waals surface area contributed by atoms with E-state index in [1.807, 2.05) is 0 Å². The van der Waals surface area contributed by atoms with Crippen LogP contribution in [-0.4, -0.2) is 61.2 Å². The first-order valence-electron chi connectivity index (χ1n) is 8.59. The summed E-state index contributed by atoms with van der Waals surface area (Å²) in [7, 11) is 2.94. The molecule has 0 aromatic heterocycles. The normalized spacial score (nSPS) is 54.3. The Bertz CT molecular complexity index is 878. The molecule has 0 radical (unpaired) electrons. The van der Waals surface area contributed by atoms with Crippen molar-refractivity contribution in [2.75, 3.05) is 14.2 Å². The van der Waals surface area contributed by atoms with Crippen molar-refractivity contribution < 1.29 is 9.47 Å². The molecule has 14 heteroatoms. The number of hydrogen-bond acceptors (Lipinski definition) is 6. The minimum atomic E-state index is -1.50. The number of alkyl halides is 4. The monoisotopic (exact) mass is 516 g/mol. The van der Waals surface area contributed by atoms with Gasteiger partial charge in [-0.25, -0.2) is 0 Å². The number of ether oxygens (including phenoxy) is 2. The van der Waals surface area contributed by atoms with Gasteiger partial charge in [-0.15, -0.1) is 46.4 Å². The molecule has 2 bridgehead atoms. The van der Waals surface area contributed by atoms with Gasteiger partial charge in [-0.05, 0) is 24.4 Å². The summed E-state index contributed by atoms with van der Waals surface area (Å²) in [6, 6.07) is 0. The molecule has 0 unspecified atom stereocenters. The quantitative estimate of drug-likeness (QED) is 0.187. The fourth-order valence-corrected chi connectivity index (χ4v) is 10.3. The second-order valence-electron chi connectivity index (χ2n) is 7.81. The van der Waals surface area contributed by atoms with E-state index >= 15 is 0 Å². The summed E-state index contributed by atoms with van der Waals surface area (Å²) in [6.45, 7) is 0. The van der Waals surface area contributed by atoms with Crippen molar-refractivity contribution in [1.82, 2.24) is 10.9 Å². The Kier molecular flexibility index (Phi) is 3.98. The number of rotatable bonds is 4. The topological polar surface area (TPSA) is 119 Å². The maximum absolute atomic E-state index is 7.34. The van der Waals surface area contributed by atoms with Crippen molar-refractivity contribution in [1.29, 1.82) is 0 Å². The Balaban J connectivity index is 1.81. The molecule has 0 saturated heterocycles. The first-order valence-corrected chi connectivity index (χ1v) is 10.9. The van der Waals surface area contributed by atoms with E-state index in [2.05, 4.69) is 21.1 Å². The summed E-state index contributed by atoms with van der Waals surface area (Å²) in [4.78, 5) is -5.06. The Morgan fingerprint density at radius 2 is 1.10 bits per heavy atom. The van der Waals surface area contributed by atoms with Crippen LogP contribution in [0, 0.1) is 23.7 Å². The van der Waals surface area contributed by atoms with Gasteiger partial charge in [0.2, 0.25) is 5.79 Å². The lowest BCUT2D eigenvalue weighted by molar-refractivity contribution is -0.223. The molecule has 0 heterocycles. The second kappa shape index (κ2) is 5.58. The summed E-state index contributed by atoms with van der Waals surface area (Å²) >= 11 is 39.0. The molecule has 8 atom stereocenters. The number of hydrazone groups is 2. The largest absolute Gasteiger partial charge is 0.375 e. The fourth-order valence-electron chi connectivity index (χ4n) is 6.94. The highest BCUT2D eigenvalue weighted by atomic mass is 35.5. The van der Waals surface area contributed by atoms with Gasteiger partial charge in [0.05, 0.1) is 0 Å². The summed E-state index contributed by atoms with van der Waals surface area (Å²) in [6.07, 6.45) is 0. The summed E-state index contributed by atoms with van der Waals surface area (Å²) < 4.78 is 11.8. The Morgan fingerprint density at radius 3 is 1.38 bits per heavy atom. The molecule has 5 aliphatic rings. The minimum absolute atomic E-state index is 0.0121. The van der Waals surface area contributed by atoms with Crippen LogP contribution in [0.25, 0.3) is 0 Å². The van der Waals surface area contributed by atoms with Gasteiger partial charge in [-0.2, -0.15) is 10.2 Å². The fraction of sp³-hybridized carbons (Fsp3) is 0.733. The molecule has 6 N–H and O–H groups in total. The van der Waals surface area contributed by atoms with Gasteiger partial charge < -0.3 is 20.9 Å². The number of hydrogen-bond donors (Lipinski definition) is 4. The molecule has 5 fully saturated rings. The predicted octanol–water partition coefficient (Wildman–Crippen LogP) is 0.797.